The van der Waals surface area contributed by atoms with Gasteiger partial charge in [-0.05, 0) is 0 Å². The molecule has 0 saturated carbocycles. The Kier molecular flexibility index (Phi) is 9.04. The number of rotatable bonds is 12. The SMILES string of the molecule is CCCCC1=C[C](CC)([Hf][C]2(CC)C=C(CCCC)C=C2CC)C(CC)=C1. The number of hydrogen-bond acceptors (Lipinski definition) is 0. The fraction of sp³-hybridized carbons (Fsp3) is 0.692. The van der Waals surface area contributed by atoms with E-state index in [1.807, 2.05) is 0 Å². The van der Waals surface area contributed by atoms with E-state index in [1.165, 1.54) is 64.2 Å². The Balaban J connectivity index is 2.37. The van der Waals surface area contributed by atoms with Gasteiger partial charge in [0.15, 0.2) is 0 Å². The van der Waals surface area contributed by atoms with Crippen molar-refractivity contribution in [1.82, 2.24) is 0 Å². The fourth-order valence-corrected chi connectivity index (χ4v) is 13.9. The van der Waals surface area contributed by atoms with Gasteiger partial charge >= 0.3 is 182 Å². The summed E-state index contributed by atoms with van der Waals surface area (Å²) in [7, 11) is 0. The van der Waals surface area contributed by atoms with E-state index in [1.54, 1.807) is 22.3 Å². The second-order valence-corrected chi connectivity index (χ2v) is 15.8. The quantitative estimate of drug-likeness (QED) is 0.220. The van der Waals surface area contributed by atoms with Crippen molar-refractivity contribution in [3.8, 4) is 0 Å². The van der Waals surface area contributed by atoms with Gasteiger partial charge in [-0.25, -0.2) is 0 Å². The first kappa shape index (κ1) is 23.1. The molecule has 0 saturated heterocycles. The molecule has 0 spiro atoms. The maximum absolute atomic E-state index is 2.77. The molecule has 2 rings (SSSR count). The van der Waals surface area contributed by atoms with Crippen LogP contribution in [-0.2, 0) is 22.9 Å². The molecule has 0 bridgehead atoms. The van der Waals surface area contributed by atoms with Gasteiger partial charge in [0.2, 0.25) is 0 Å². The van der Waals surface area contributed by atoms with E-state index < -0.39 is 22.9 Å². The zero-order valence-corrected chi connectivity index (χ0v) is 22.5. The molecular weight excluding hydrogens is 491 g/mol. The molecule has 150 valence electrons. The van der Waals surface area contributed by atoms with Crippen molar-refractivity contribution < 1.29 is 22.9 Å². The van der Waals surface area contributed by atoms with Crippen molar-refractivity contribution in [2.24, 2.45) is 0 Å². The number of allylic oxidation sites excluding steroid dienone is 8. The Morgan fingerprint density at radius 2 is 1.07 bits per heavy atom. The van der Waals surface area contributed by atoms with Crippen LogP contribution < -0.4 is 0 Å². The van der Waals surface area contributed by atoms with Crippen LogP contribution in [0.1, 0.15) is 106 Å². The molecule has 2 unspecified atom stereocenters. The molecule has 0 aromatic heterocycles. The van der Waals surface area contributed by atoms with Gasteiger partial charge in [0.05, 0.1) is 0 Å². The monoisotopic (exact) mass is 534 g/mol. The average molecular weight is 533 g/mol. The molecule has 0 aliphatic heterocycles. The van der Waals surface area contributed by atoms with Crippen LogP contribution in [0.25, 0.3) is 0 Å². The standard InChI is InChI=1S/2C13H21.Hf/c2*1-4-7-8-11-9-12(5-2)13(6-3)10-11;/h2*9-10H,4-8H2,1-3H3;. The number of hydrogen-bond donors (Lipinski definition) is 0. The summed E-state index contributed by atoms with van der Waals surface area (Å²) in [5.74, 6) is 0. The Morgan fingerprint density at radius 1 is 0.667 bits per heavy atom. The van der Waals surface area contributed by atoms with E-state index in [4.69, 9.17) is 0 Å². The first-order valence-electron chi connectivity index (χ1n) is 11.7. The third kappa shape index (κ3) is 5.06. The summed E-state index contributed by atoms with van der Waals surface area (Å²) in [4.78, 5) is 0. The van der Waals surface area contributed by atoms with Crippen LogP contribution in [0.2, 0.25) is 6.34 Å². The minimum atomic E-state index is -1.02. The van der Waals surface area contributed by atoms with Crippen LogP contribution >= 0.6 is 0 Å². The third-order valence-electron chi connectivity index (χ3n) is 6.69. The van der Waals surface area contributed by atoms with E-state index >= 15 is 0 Å². The zero-order valence-electron chi connectivity index (χ0n) is 18.9. The van der Waals surface area contributed by atoms with Gasteiger partial charge in [-0.1, -0.05) is 0 Å². The maximum atomic E-state index is 2.77. The Morgan fingerprint density at radius 3 is 1.37 bits per heavy atom. The van der Waals surface area contributed by atoms with Gasteiger partial charge in [-0.3, -0.25) is 0 Å². The molecule has 0 N–H and O–H groups in total. The van der Waals surface area contributed by atoms with Crippen LogP contribution in [0, 0.1) is 0 Å². The number of unbranched alkanes of at least 4 members (excludes halogenated alkanes) is 2. The van der Waals surface area contributed by atoms with Crippen LogP contribution in [0.15, 0.2) is 46.6 Å². The first-order valence-corrected chi connectivity index (χ1v) is 15.3. The summed E-state index contributed by atoms with van der Waals surface area (Å²) in [6, 6.07) is 0. The van der Waals surface area contributed by atoms with E-state index in [2.05, 4.69) is 65.8 Å². The molecule has 2 atom stereocenters. The van der Waals surface area contributed by atoms with Crippen LogP contribution in [0.5, 0.6) is 0 Å². The molecule has 2 aliphatic carbocycles. The van der Waals surface area contributed by atoms with Gasteiger partial charge in [-0.15, -0.1) is 0 Å². The Hall–Kier alpha value is -0.170. The molecule has 2 aliphatic rings. The molecule has 0 radical (unpaired) electrons. The molecule has 0 aromatic carbocycles. The minimum absolute atomic E-state index is 0.471. The summed E-state index contributed by atoms with van der Waals surface area (Å²) in [5.41, 5.74) is 6.87. The molecule has 0 amide bonds. The van der Waals surface area contributed by atoms with Gasteiger partial charge in [-0.2, -0.15) is 0 Å². The predicted octanol–water partition coefficient (Wildman–Crippen LogP) is 9.14. The normalized spacial score (nSPS) is 27.3. The van der Waals surface area contributed by atoms with Crippen molar-refractivity contribution in [2.45, 2.75) is 112 Å². The second kappa shape index (κ2) is 10.6. The molecule has 27 heavy (non-hydrogen) atoms. The van der Waals surface area contributed by atoms with E-state index in [-0.39, 0.29) is 0 Å². The summed E-state index contributed by atoms with van der Waals surface area (Å²) >= 11 is -1.02. The van der Waals surface area contributed by atoms with Gasteiger partial charge in [0.1, 0.15) is 0 Å². The Labute approximate surface area is 181 Å². The fourth-order valence-electron chi connectivity index (χ4n) is 4.96. The third-order valence-corrected chi connectivity index (χ3v) is 15.8. The van der Waals surface area contributed by atoms with E-state index in [0.29, 0.717) is 6.34 Å². The van der Waals surface area contributed by atoms with Crippen molar-refractivity contribution in [3.05, 3.63) is 46.6 Å². The summed E-state index contributed by atoms with van der Waals surface area (Å²) < 4.78 is 0.942. The first-order chi connectivity index (χ1) is 13.0. The van der Waals surface area contributed by atoms with Gasteiger partial charge in [0, 0.05) is 0 Å². The average Bonchev–Trinajstić information content (AvgIpc) is 3.23. The van der Waals surface area contributed by atoms with E-state index in [9.17, 15) is 0 Å². The van der Waals surface area contributed by atoms with Gasteiger partial charge < -0.3 is 0 Å². The predicted molar refractivity (Wildman–Crippen MR) is 118 cm³/mol. The molecule has 1 heteroatoms. The molecule has 0 fully saturated rings. The van der Waals surface area contributed by atoms with Crippen LogP contribution in [-0.4, -0.2) is 0 Å². The van der Waals surface area contributed by atoms with Gasteiger partial charge in [0.25, 0.3) is 0 Å². The topological polar surface area (TPSA) is 0 Å². The molecule has 0 nitrogen and oxygen atoms in total. The van der Waals surface area contributed by atoms with Crippen LogP contribution in [0.3, 0.4) is 0 Å². The van der Waals surface area contributed by atoms with Crippen LogP contribution in [0.4, 0.5) is 0 Å². The summed E-state index contributed by atoms with van der Waals surface area (Å²) in [6.45, 7) is 14.3. The van der Waals surface area contributed by atoms with Crippen molar-refractivity contribution >= 4 is 0 Å². The second-order valence-electron chi connectivity index (χ2n) is 8.47. The Bertz CT molecular complexity index is 564. The molecule has 0 heterocycles. The summed E-state index contributed by atoms with van der Waals surface area (Å²) in [6.07, 6.45) is 23.8. The van der Waals surface area contributed by atoms with Crippen molar-refractivity contribution in [2.75, 3.05) is 0 Å². The van der Waals surface area contributed by atoms with Crippen molar-refractivity contribution in [3.63, 3.8) is 0 Å². The summed E-state index contributed by atoms with van der Waals surface area (Å²) in [5, 5.41) is 0. The molecular formula is C26H42Hf. The zero-order chi connectivity index (χ0) is 19.9. The van der Waals surface area contributed by atoms with Crippen molar-refractivity contribution in [1.29, 1.82) is 0 Å². The van der Waals surface area contributed by atoms with E-state index in [0.717, 1.165) is 0 Å². The molecule has 0 aromatic rings.